The quantitative estimate of drug-likeness (QED) is 0.330. The number of hydrogen-bond acceptors (Lipinski definition) is 0. The van der Waals surface area contributed by atoms with Crippen LogP contribution in [0.2, 0.25) is 5.54 Å². The summed E-state index contributed by atoms with van der Waals surface area (Å²) in [5.74, 6) is 0. The van der Waals surface area contributed by atoms with Gasteiger partial charge in [0.25, 0.3) is 0 Å². The van der Waals surface area contributed by atoms with Gasteiger partial charge in [-0.05, 0) is 5.54 Å². The van der Waals surface area contributed by atoms with Crippen LogP contribution >= 0.6 is 11.1 Å². The summed E-state index contributed by atoms with van der Waals surface area (Å²) in [4.78, 5) is 0. The number of rotatable bonds is 6. The fourth-order valence-electron chi connectivity index (χ4n) is 0.932. The maximum Gasteiger partial charge on any atom is 0.174 e. The lowest BCUT2D eigenvalue weighted by Crippen LogP contribution is -1.91. The molecule has 0 aromatic heterocycles. The second kappa shape index (κ2) is 7.61. The van der Waals surface area contributed by atoms with E-state index < -0.39 is 0 Å². The molecule has 0 heterocycles. The van der Waals surface area contributed by atoms with Gasteiger partial charge in [0.05, 0.1) is 0 Å². The number of hydrogen-bond donors (Lipinski definition) is 0. The van der Waals surface area contributed by atoms with Crippen molar-refractivity contribution in [3.63, 3.8) is 0 Å². The van der Waals surface area contributed by atoms with Crippen molar-refractivity contribution < 1.29 is 0 Å². The van der Waals surface area contributed by atoms with Crippen molar-refractivity contribution in [1.29, 1.82) is 0 Å². The standard InChI is InChI=1S/C8H17ClSi/c1-3-4-5-6-7-8(2)10-9/h8H,3-7H2,1-2H3. The van der Waals surface area contributed by atoms with Gasteiger partial charge in [-0.25, -0.2) is 0 Å². The van der Waals surface area contributed by atoms with E-state index in [1.165, 1.54) is 32.1 Å². The average Bonchev–Trinajstić information content (AvgIpc) is 1.98. The highest BCUT2D eigenvalue weighted by Gasteiger charge is 1.99. The molecule has 10 heavy (non-hydrogen) atoms. The van der Waals surface area contributed by atoms with Crippen LogP contribution in [0.25, 0.3) is 0 Å². The van der Waals surface area contributed by atoms with E-state index in [1.807, 2.05) is 0 Å². The van der Waals surface area contributed by atoms with E-state index in [2.05, 4.69) is 13.8 Å². The third kappa shape index (κ3) is 6.62. The fraction of sp³-hybridized carbons (Fsp3) is 1.00. The second-order valence-electron chi connectivity index (χ2n) is 2.86. The third-order valence-corrected chi connectivity index (χ3v) is 3.46. The van der Waals surface area contributed by atoms with Crippen molar-refractivity contribution >= 4 is 19.9 Å². The molecule has 0 nitrogen and oxygen atoms in total. The van der Waals surface area contributed by atoms with Crippen molar-refractivity contribution in [1.82, 2.24) is 0 Å². The highest BCUT2D eigenvalue weighted by molar-refractivity contribution is 6.94. The normalized spacial score (nSPS) is 13.5. The van der Waals surface area contributed by atoms with E-state index in [1.54, 1.807) is 0 Å². The maximum atomic E-state index is 5.69. The summed E-state index contributed by atoms with van der Waals surface area (Å²) in [6.45, 7) is 4.48. The van der Waals surface area contributed by atoms with Crippen molar-refractivity contribution in [3.8, 4) is 0 Å². The monoisotopic (exact) mass is 176 g/mol. The molecule has 60 valence electrons. The summed E-state index contributed by atoms with van der Waals surface area (Å²) in [7, 11) is 0.616. The highest BCUT2D eigenvalue weighted by atomic mass is 35.6. The smallest absolute Gasteiger partial charge is 0.171 e. The molecular weight excluding hydrogens is 160 g/mol. The van der Waals surface area contributed by atoms with Gasteiger partial charge < -0.3 is 0 Å². The fourth-order valence-corrected chi connectivity index (χ4v) is 1.57. The predicted molar refractivity (Wildman–Crippen MR) is 49.8 cm³/mol. The van der Waals surface area contributed by atoms with E-state index >= 15 is 0 Å². The Labute approximate surface area is 71.9 Å². The Balaban J connectivity index is 2.89. The summed E-state index contributed by atoms with van der Waals surface area (Å²) in [6.07, 6.45) is 6.80. The SMILES string of the molecule is CCCCCCC(C)[Si]Cl. The summed E-state index contributed by atoms with van der Waals surface area (Å²) < 4.78 is 0. The van der Waals surface area contributed by atoms with Crippen molar-refractivity contribution in [3.05, 3.63) is 0 Å². The minimum Gasteiger partial charge on any atom is -0.171 e. The molecule has 0 rings (SSSR count). The van der Waals surface area contributed by atoms with Crippen LogP contribution in [0.3, 0.4) is 0 Å². The first-order valence-corrected chi connectivity index (χ1v) is 6.26. The molecule has 0 N–H and O–H groups in total. The molecule has 0 spiro atoms. The van der Waals surface area contributed by atoms with Crippen molar-refractivity contribution in [2.45, 2.75) is 51.5 Å². The van der Waals surface area contributed by atoms with E-state index in [0.29, 0.717) is 8.83 Å². The Morgan fingerprint density at radius 3 is 2.50 bits per heavy atom. The molecule has 0 saturated heterocycles. The lowest BCUT2D eigenvalue weighted by molar-refractivity contribution is 0.623. The lowest BCUT2D eigenvalue weighted by atomic mass is 10.1. The van der Waals surface area contributed by atoms with Crippen LogP contribution in [0.5, 0.6) is 0 Å². The zero-order valence-corrected chi connectivity index (χ0v) is 8.75. The van der Waals surface area contributed by atoms with Crippen LogP contribution in [0.4, 0.5) is 0 Å². The summed E-state index contributed by atoms with van der Waals surface area (Å²) in [5, 5.41) is 0. The van der Waals surface area contributed by atoms with Gasteiger partial charge in [-0.1, -0.05) is 46.0 Å². The first-order valence-electron chi connectivity index (χ1n) is 4.17. The summed E-state index contributed by atoms with van der Waals surface area (Å²) in [5.41, 5.74) is 0.749. The molecule has 0 bridgehead atoms. The summed E-state index contributed by atoms with van der Waals surface area (Å²) in [6, 6.07) is 0. The Morgan fingerprint density at radius 1 is 1.30 bits per heavy atom. The van der Waals surface area contributed by atoms with E-state index in [-0.39, 0.29) is 0 Å². The molecule has 0 aliphatic rings. The van der Waals surface area contributed by atoms with Gasteiger partial charge in [-0.15, -0.1) is 0 Å². The van der Waals surface area contributed by atoms with Crippen LogP contribution in [0.1, 0.15) is 46.0 Å². The minimum atomic E-state index is 0.616. The zero-order valence-electron chi connectivity index (χ0n) is 6.99. The highest BCUT2D eigenvalue weighted by Crippen LogP contribution is 2.14. The van der Waals surface area contributed by atoms with Crippen LogP contribution in [0.15, 0.2) is 0 Å². The molecule has 0 aliphatic heterocycles. The Bertz CT molecular complexity index is 66.3. The first-order chi connectivity index (χ1) is 4.81. The second-order valence-corrected chi connectivity index (χ2v) is 4.72. The molecule has 0 aliphatic carbocycles. The molecule has 0 aromatic carbocycles. The lowest BCUT2D eigenvalue weighted by Gasteiger charge is -2.03. The number of halogens is 1. The van der Waals surface area contributed by atoms with Gasteiger partial charge in [0.15, 0.2) is 8.83 Å². The topological polar surface area (TPSA) is 0 Å². The van der Waals surface area contributed by atoms with E-state index in [4.69, 9.17) is 11.1 Å². The molecule has 2 radical (unpaired) electrons. The van der Waals surface area contributed by atoms with Crippen molar-refractivity contribution in [2.24, 2.45) is 0 Å². The molecule has 0 fully saturated rings. The average molecular weight is 177 g/mol. The molecule has 1 atom stereocenters. The summed E-state index contributed by atoms with van der Waals surface area (Å²) >= 11 is 5.69. The molecule has 1 unspecified atom stereocenters. The molecule has 0 aromatic rings. The number of unbranched alkanes of at least 4 members (excludes halogenated alkanes) is 3. The Kier molecular flexibility index (Phi) is 8.00. The van der Waals surface area contributed by atoms with Gasteiger partial charge in [0.2, 0.25) is 0 Å². The van der Waals surface area contributed by atoms with Gasteiger partial charge in [-0.3, -0.25) is 0 Å². The zero-order chi connectivity index (χ0) is 7.82. The van der Waals surface area contributed by atoms with Crippen LogP contribution in [-0.4, -0.2) is 8.83 Å². The molecule has 0 saturated carbocycles. The maximum absolute atomic E-state index is 5.69. The molecule has 2 heteroatoms. The van der Waals surface area contributed by atoms with Crippen molar-refractivity contribution in [2.75, 3.05) is 0 Å². The van der Waals surface area contributed by atoms with Crippen LogP contribution in [-0.2, 0) is 0 Å². The third-order valence-electron chi connectivity index (χ3n) is 1.68. The molecular formula is C8H17ClSi. The van der Waals surface area contributed by atoms with Gasteiger partial charge in [-0.2, -0.15) is 11.1 Å². The van der Waals surface area contributed by atoms with Gasteiger partial charge in [0.1, 0.15) is 0 Å². The Hall–Kier alpha value is 0.507. The largest absolute Gasteiger partial charge is 0.174 e. The van der Waals surface area contributed by atoms with Crippen LogP contribution in [0, 0.1) is 0 Å². The van der Waals surface area contributed by atoms with E-state index in [9.17, 15) is 0 Å². The predicted octanol–water partition coefficient (Wildman–Crippen LogP) is 3.62. The Morgan fingerprint density at radius 2 is 2.00 bits per heavy atom. The van der Waals surface area contributed by atoms with Gasteiger partial charge >= 0.3 is 0 Å². The first kappa shape index (κ1) is 10.5. The van der Waals surface area contributed by atoms with E-state index in [0.717, 1.165) is 5.54 Å². The molecule has 0 amide bonds. The van der Waals surface area contributed by atoms with Gasteiger partial charge in [0, 0.05) is 0 Å². The van der Waals surface area contributed by atoms with Crippen LogP contribution < -0.4 is 0 Å². The minimum absolute atomic E-state index is 0.616.